The van der Waals surface area contributed by atoms with Crippen LogP contribution >= 0.6 is 0 Å². The Labute approximate surface area is 152 Å². The molecule has 6 heteroatoms. The van der Waals surface area contributed by atoms with Gasteiger partial charge in [-0.2, -0.15) is 0 Å². The van der Waals surface area contributed by atoms with E-state index in [1.54, 1.807) is 42.5 Å². The molecule has 0 saturated carbocycles. The summed E-state index contributed by atoms with van der Waals surface area (Å²) in [5.74, 6) is -1.43. The quantitative estimate of drug-likeness (QED) is 0.609. The van der Waals surface area contributed by atoms with Gasteiger partial charge in [-0.15, -0.1) is 0 Å². The molecule has 6 nitrogen and oxygen atoms in total. The van der Waals surface area contributed by atoms with Crippen molar-refractivity contribution in [1.82, 2.24) is 5.32 Å². The summed E-state index contributed by atoms with van der Waals surface area (Å²) in [5.41, 5.74) is 3.00. The summed E-state index contributed by atoms with van der Waals surface area (Å²) in [6.45, 7) is 3.50. The average Bonchev–Trinajstić information content (AvgIpc) is 2.66. The van der Waals surface area contributed by atoms with Gasteiger partial charge in [-0.1, -0.05) is 24.3 Å². The van der Waals surface area contributed by atoms with Crippen LogP contribution in [0.3, 0.4) is 0 Å². The molecule has 0 aliphatic heterocycles. The van der Waals surface area contributed by atoms with Crippen molar-refractivity contribution in [2.45, 2.75) is 13.8 Å². The van der Waals surface area contributed by atoms with Gasteiger partial charge in [0.15, 0.2) is 0 Å². The molecule has 2 aromatic carbocycles. The number of amides is 1. The van der Waals surface area contributed by atoms with E-state index in [0.717, 1.165) is 11.1 Å². The molecular weight excluding hydrogens is 334 g/mol. The molecule has 0 atom stereocenters. The highest BCUT2D eigenvalue weighted by Crippen LogP contribution is 2.09. The molecule has 2 rings (SSSR count). The number of carbonyl (C=O) groups is 3. The maximum Gasteiger partial charge on any atom is 0.338 e. The molecule has 0 spiro atoms. The van der Waals surface area contributed by atoms with Gasteiger partial charge in [0.2, 0.25) is 0 Å². The van der Waals surface area contributed by atoms with E-state index in [9.17, 15) is 14.4 Å². The molecule has 0 unspecified atom stereocenters. The van der Waals surface area contributed by atoms with Gasteiger partial charge in [-0.25, -0.2) is 4.79 Å². The number of nitrogens with one attached hydrogen (secondary N) is 1. The molecule has 0 bridgehead atoms. The van der Waals surface area contributed by atoms with E-state index in [1.807, 2.05) is 19.9 Å². The van der Waals surface area contributed by atoms with E-state index < -0.39 is 11.9 Å². The number of carbonyl (C=O) groups excluding carboxylic acids is 3. The van der Waals surface area contributed by atoms with Crippen LogP contribution in [-0.2, 0) is 14.3 Å². The van der Waals surface area contributed by atoms with Crippen LogP contribution in [0.1, 0.15) is 31.8 Å². The fourth-order valence-electron chi connectivity index (χ4n) is 2.14. The molecule has 0 radical (unpaired) electrons. The normalized spacial score (nSPS) is 10.1. The monoisotopic (exact) mass is 355 g/mol. The molecule has 0 aliphatic carbocycles. The summed E-state index contributed by atoms with van der Waals surface area (Å²) in [7, 11) is 0. The molecule has 0 aliphatic rings. The van der Waals surface area contributed by atoms with Crippen molar-refractivity contribution in [2.24, 2.45) is 0 Å². The third-order valence-electron chi connectivity index (χ3n) is 3.75. The number of esters is 2. The van der Waals surface area contributed by atoms with E-state index in [-0.39, 0.29) is 25.7 Å². The van der Waals surface area contributed by atoms with Crippen LogP contribution in [-0.4, -0.2) is 37.6 Å². The Morgan fingerprint density at radius 3 is 2.23 bits per heavy atom. The highest BCUT2D eigenvalue weighted by Gasteiger charge is 2.10. The Bertz CT molecular complexity index is 786. The van der Waals surface area contributed by atoms with Crippen molar-refractivity contribution in [1.29, 1.82) is 0 Å². The molecule has 0 heterocycles. The van der Waals surface area contributed by atoms with E-state index in [1.165, 1.54) is 0 Å². The summed E-state index contributed by atoms with van der Waals surface area (Å²) in [6.07, 6.45) is 0. The first-order valence-electron chi connectivity index (χ1n) is 8.20. The molecular formula is C20H21NO5. The second-order valence-electron chi connectivity index (χ2n) is 5.70. The lowest BCUT2D eigenvalue weighted by Gasteiger charge is -2.08. The van der Waals surface area contributed by atoms with Gasteiger partial charge < -0.3 is 14.8 Å². The van der Waals surface area contributed by atoms with Crippen LogP contribution in [0.2, 0.25) is 0 Å². The van der Waals surface area contributed by atoms with Crippen LogP contribution in [0.4, 0.5) is 0 Å². The summed E-state index contributed by atoms with van der Waals surface area (Å²) in [5, 5.41) is 2.50. The lowest BCUT2D eigenvalue weighted by Crippen LogP contribution is -2.31. The predicted molar refractivity (Wildman–Crippen MR) is 95.9 cm³/mol. The summed E-state index contributed by atoms with van der Waals surface area (Å²) in [6, 6.07) is 13.8. The Kier molecular flexibility index (Phi) is 6.91. The zero-order valence-corrected chi connectivity index (χ0v) is 14.8. The summed E-state index contributed by atoms with van der Waals surface area (Å²) < 4.78 is 9.92. The minimum absolute atomic E-state index is 0.0510. The molecule has 2 aromatic rings. The zero-order chi connectivity index (χ0) is 18.9. The molecule has 1 N–H and O–H groups in total. The number of hydrogen-bond donors (Lipinski definition) is 1. The molecule has 26 heavy (non-hydrogen) atoms. The Balaban J connectivity index is 1.66. The number of benzene rings is 2. The van der Waals surface area contributed by atoms with Gasteiger partial charge in [-0.05, 0) is 49.2 Å². The SMILES string of the molecule is Cc1ccc(C(=O)NCC(=O)OCCOC(=O)c2ccccc2)cc1C. The van der Waals surface area contributed by atoms with Crippen LogP contribution in [0.15, 0.2) is 48.5 Å². The van der Waals surface area contributed by atoms with E-state index in [0.29, 0.717) is 11.1 Å². The van der Waals surface area contributed by atoms with Crippen LogP contribution in [0.25, 0.3) is 0 Å². The van der Waals surface area contributed by atoms with E-state index >= 15 is 0 Å². The zero-order valence-electron chi connectivity index (χ0n) is 14.8. The third-order valence-corrected chi connectivity index (χ3v) is 3.75. The first-order valence-corrected chi connectivity index (χ1v) is 8.20. The van der Waals surface area contributed by atoms with E-state index in [2.05, 4.69) is 5.32 Å². The highest BCUT2D eigenvalue weighted by atomic mass is 16.6. The third kappa shape index (κ3) is 5.73. The number of hydrogen-bond acceptors (Lipinski definition) is 5. The summed E-state index contributed by atoms with van der Waals surface area (Å²) >= 11 is 0. The minimum atomic E-state index is -0.599. The van der Waals surface area contributed by atoms with Gasteiger partial charge in [0, 0.05) is 5.56 Å². The first-order chi connectivity index (χ1) is 12.5. The van der Waals surface area contributed by atoms with Gasteiger partial charge in [0.1, 0.15) is 19.8 Å². The average molecular weight is 355 g/mol. The van der Waals surface area contributed by atoms with Crippen LogP contribution < -0.4 is 5.32 Å². The largest absolute Gasteiger partial charge is 0.461 e. The molecule has 0 saturated heterocycles. The Morgan fingerprint density at radius 1 is 0.846 bits per heavy atom. The van der Waals surface area contributed by atoms with Gasteiger partial charge in [0.05, 0.1) is 5.56 Å². The van der Waals surface area contributed by atoms with Gasteiger partial charge >= 0.3 is 11.9 Å². The molecule has 0 fully saturated rings. The van der Waals surface area contributed by atoms with Crippen molar-refractivity contribution in [3.8, 4) is 0 Å². The second kappa shape index (κ2) is 9.36. The Morgan fingerprint density at radius 2 is 1.54 bits per heavy atom. The smallest absolute Gasteiger partial charge is 0.338 e. The van der Waals surface area contributed by atoms with Gasteiger partial charge in [0.25, 0.3) is 5.91 Å². The van der Waals surface area contributed by atoms with Crippen molar-refractivity contribution in [3.05, 3.63) is 70.8 Å². The molecule has 136 valence electrons. The molecule has 1 amide bonds. The summed E-state index contributed by atoms with van der Waals surface area (Å²) in [4.78, 5) is 35.3. The minimum Gasteiger partial charge on any atom is -0.461 e. The van der Waals surface area contributed by atoms with Crippen LogP contribution in [0.5, 0.6) is 0 Å². The standard InChI is InChI=1S/C20H21NO5/c1-14-8-9-17(12-15(14)2)19(23)21-13-18(22)25-10-11-26-20(24)16-6-4-3-5-7-16/h3-9,12H,10-11,13H2,1-2H3,(H,21,23). The topological polar surface area (TPSA) is 81.7 Å². The van der Waals surface area contributed by atoms with Crippen molar-refractivity contribution >= 4 is 17.8 Å². The van der Waals surface area contributed by atoms with Crippen molar-refractivity contribution in [2.75, 3.05) is 19.8 Å². The Hall–Kier alpha value is -3.15. The lowest BCUT2D eigenvalue weighted by molar-refractivity contribution is -0.143. The maximum absolute atomic E-state index is 12.0. The fraction of sp³-hybridized carbons (Fsp3) is 0.250. The number of rotatable bonds is 7. The number of aryl methyl sites for hydroxylation is 2. The van der Waals surface area contributed by atoms with E-state index in [4.69, 9.17) is 9.47 Å². The van der Waals surface area contributed by atoms with Gasteiger partial charge in [-0.3, -0.25) is 9.59 Å². The predicted octanol–water partition coefficient (Wildman–Crippen LogP) is 2.43. The first kappa shape index (κ1) is 19.2. The van der Waals surface area contributed by atoms with Crippen LogP contribution in [0, 0.1) is 13.8 Å². The lowest BCUT2D eigenvalue weighted by atomic mass is 10.1. The highest BCUT2D eigenvalue weighted by molar-refractivity contribution is 5.96. The molecule has 0 aromatic heterocycles. The maximum atomic E-state index is 12.0. The van der Waals surface area contributed by atoms with Crippen molar-refractivity contribution < 1.29 is 23.9 Å². The fourth-order valence-corrected chi connectivity index (χ4v) is 2.14. The number of ether oxygens (including phenoxy) is 2. The second-order valence-corrected chi connectivity index (χ2v) is 5.70. The van der Waals surface area contributed by atoms with Crippen molar-refractivity contribution in [3.63, 3.8) is 0 Å².